The van der Waals surface area contributed by atoms with Crippen LogP contribution in [0.5, 0.6) is 0 Å². The van der Waals surface area contributed by atoms with Crippen molar-refractivity contribution in [1.82, 2.24) is 9.88 Å². The van der Waals surface area contributed by atoms with Crippen molar-refractivity contribution in [1.29, 1.82) is 0 Å². The van der Waals surface area contributed by atoms with Crippen LogP contribution in [-0.2, 0) is 14.9 Å². The molecule has 6 nitrogen and oxygen atoms in total. The summed E-state index contributed by atoms with van der Waals surface area (Å²) in [7, 11) is 2.99. The third-order valence-electron chi connectivity index (χ3n) is 4.80. The van der Waals surface area contributed by atoms with Crippen LogP contribution in [0.15, 0.2) is 22.8 Å². The van der Waals surface area contributed by atoms with Crippen molar-refractivity contribution in [3.05, 3.63) is 34.2 Å². The Bertz CT molecular complexity index is 911. The molecular formula is C16H13BrFN3O3. The zero-order valence-corrected chi connectivity index (χ0v) is 14.6. The average molecular weight is 394 g/mol. The molecule has 2 aliphatic heterocycles. The predicted octanol–water partition coefficient (Wildman–Crippen LogP) is 2.43. The molecular weight excluding hydrogens is 381 g/mol. The summed E-state index contributed by atoms with van der Waals surface area (Å²) in [6.07, 6.45) is 1.12. The van der Waals surface area contributed by atoms with E-state index in [1.807, 2.05) is 0 Å². The molecule has 0 unspecified atom stereocenters. The highest BCUT2D eigenvalue weighted by Gasteiger charge is 2.59. The number of ether oxygens (including phenoxy) is 1. The molecule has 0 aliphatic carbocycles. The van der Waals surface area contributed by atoms with Crippen LogP contribution in [-0.4, -0.2) is 49.1 Å². The summed E-state index contributed by atoms with van der Waals surface area (Å²) in [6, 6.07) is 2.98. The number of hydrogen-bond acceptors (Lipinski definition) is 4. The van der Waals surface area contributed by atoms with Gasteiger partial charge in [-0.05, 0) is 22.0 Å². The van der Waals surface area contributed by atoms with Gasteiger partial charge >= 0.3 is 6.09 Å². The lowest BCUT2D eigenvalue weighted by Gasteiger charge is -2.45. The molecule has 2 aliphatic rings. The Kier molecular flexibility index (Phi) is 3.12. The van der Waals surface area contributed by atoms with E-state index in [-0.39, 0.29) is 19.0 Å². The largest absolute Gasteiger partial charge is 0.453 e. The molecule has 0 atom stereocenters. The topological polar surface area (TPSA) is 62.7 Å². The van der Waals surface area contributed by atoms with Crippen molar-refractivity contribution in [2.24, 2.45) is 0 Å². The minimum atomic E-state index is -0.823. The Morgan fingerprint density at radius 2 is 2.12 bits per heavy atom. The first kappa shape index (κ1) is 15.3. The van der Waals surface area contributed by atoms with Crippen molar-refractivity contribution in [3.8, 4) is 0 Å². The van der Waals surface area contributed by atoms with E-state index in [2.05, 4.69) is 20.9 Å². The number of likely N-dealkylation sites (tertiary alicyclic amines) is 1. The van der Waals surface area contributed by atoms with E-state index in [1.165, 1.54) is 18.1 Å². The van der Waals surface area contributed by atoms with Crippen LogP contribution in [0.4, 0.5) is 14.9 Å². The molecule has 1 fully saturated rings. The maximum absolute atomic E-state index is 13.8. The van der Waals surface area contributed by atoms with Gasteiger partial charge in [0.05, 0.1) is 29.0 Å². The van der Waals surface area contributed by atoms with E-state index in [9.17, 15) is 14.0 Å². The molecule has 1 saturated heterocycles. The highest BCUT2D eigenvalue weighted by Crippen LogP contribution is 2.49. The van der Waals surface area contributed by atoms with Crippen LogP contribution in [0.1, 0.15) is 5.56 Å². The minimum absolute atomic E-state index is 0.0904. The van der Waals surface area contributed by atoms with Crippen molar-refractivity contribution in [3.63, 3.8) is 0 Å². The first-order valence-electron chi connectivity index (χ1n) is 7.28. The van der Waals surface area contributed by atoms with Gasteiger partial charge in [0.2, 0.25) is 5.91 Å². The zero-order valence-electron chi connectivity index (χ0n) is 13.0. The number of fused-ring (bicyclic) bond motifs is 4. The number of aromatic nitrogens is 1. The summed E-state index contributed by atoms with van der Waals surface area (Å²) >= 11 is 3.19. The third kappa shape index (κ3) is 1.77. The number of hydrogen-bond donors (Lipinski definition) is 0. The van der Waals surface area contributed by atoms with Crippen LogP contribution in [0.25, 0.3) is 10.9 Å². The fourth-order valence-corrected chi connectivity index (χ4v) is 3.97. The number of rotatable bonds is 0. The summed E-state index contributed by atoms with van der Waals surface area (Å²) in [4.78, 5) is 31.9. The standard InChI is InChI=1S/C16H13BrFN3O3/c1-20-12-5-19-11-4-10(18)9(17)3-8(11)13(12)16(14(20)22)6-21(7-16)15(23)24-2/h3-5H,6-7H2,1-2H3. The Balaban J connectivity index is 1.92. The molecule has 1 aromatic carbocycles. The Morgan fingerprint density at radius 1 is 1.42 bits per heavy atom. The van der Waals surface area contributed by atoms with Crippen LogP contribution in [0.2, 0.25) is 0 Å². The van der Waals surface area contributed by atoms with Gasteiger partial charge in [0.25, 0.3) is 0 Å². The molecule has 1 aromatic heterocycles. The highest BCUT2D eigenvalue weighted by molar-refractivity contribution is 9.10. The number of carbonyl (C=O) groups excluding carboxylic acids is 2. The lowest BCUT2D eigenvalue weighted by atomic mass is 9.73. The van der Waals surface area contributed by atoms with E-state index < -0.39 is 17.3 Å². The summed E-state index contributed by atoms with van der Waals surface area (Å²) in [5.74, 6) is -0.501. The molecule has 24 heavy (non-hydrogen) atoms. The lowest BCUT2D eigenvalue weighted by Crippen LogP contribution is -2.65. The van der Waals surface area contributed by atoms with Gasteiger partial charge in [0, 0.05) is 37.2 Å². The number of methoxy groups -OCH3 is 1. The van der Waals surface area contributed by atoms with Gasteiger partial charge in [0.1, 0.15) is 11.2 Å². The molecule has 8 heteroatoms. The molecule has 124 valence electrons. The SMILES string of the molecule is COC(=O)N1CC2(C1)C(=O)N(C)c1cnc3cc(F)c(Br)cc3c12. The average Bonchev–Trinajstić information content (AvgIpc) is 2.75. The highest BCUT2D eigenvalue weighted by atomic mass is 79.9. The number of benzene rings is 1. The Morgan fingerprint density at radius 3 is 2.79 bits per heavy atom. The molecule has 0 bridgehead atoms. The second-order valence-corrected chi connectivity index (χ2v) is 6.93. The number of anilines is 1. The van der Waals surface area contributed by atoms with Crippen LogP contribution < -0.4 is 4.90 Å². The van der Waals surface area contributed by atoms with E-state index in [0.717, 1.165) is 5.56 Å². The van der Waals surface area contributed by atoms with Crippen LogP contribution in [0.3, 0.4) is 0 Å². The monoisotopic (exact) mass is 393 g/mol. The van der Waals surface area contributed by atoms with Crippen molar-refractivity contribution < 1.29 is 18.7 Å². The number of pyridine rings is 1. The Hall–Kier alpha value is -2.22. The second-order valence-electron chi connectivity index (χ2n) is 6.07. The van der Waals surface area contributed by atoms with E-state index in [0.29, 0.717) is 21.1 Å². The first-order chi connectivity index (χ1) is 11.4. The van der Waals surface area contributed by atoms with Gasteiger partial charge in [-0.1, -0.05) is 0 Å². The maximum atomic E-state index is 13.8. The molecule has 3 heterocycles. The van der Waals surface area contributed by atoms with Crippen molar-refractivity contribution in [2.75, 3.05) is 32.1 Å². The molecule has 0 saturated carbocycles. The summed E-state index contributed by atoms with van der Waals surface area (Å²) < 4.78 is 18.9. The predicted molar refractivity (Wildman–Crippen MR) is 88.5 cm³/mol. The van der Waals surface area contributed by atoms with Crippen molar-refractivity contribution >= 4 is 44.5 Å². The quantitative estimate of drug-likeness (QED) is 0.689. The van der Waals surface area contributed by atoms with Gasteiger partial charge < -0.3 is 14.5 Å². The van der Waals surface area contributed by atoms with Gasteiger partial charge in [-0.15, -0.1) is 0 Å². The fraction of sp³-hybridized carbons (Fsp3) is 0.312. The Labute approximate surface area is 145 Å². The fourth-order valence-electron chi connectivity index (χ4n) is 3.63. The number of likely N-dealkylation sites (N-methyl/N-ethyl adjacent to an activating group) is 1. The molecule has 2 amide bonds. The number of nitrogens with zero attached hydrogens (tertiary/aromatic N) is 3. The lowest BCUT2D eigenvalue weighted by molar-refractivity contribution is -0.127. The molecule has 0 radical (unpaired) electrons. The number of amides is 2. The number of carbonyl (C=O) groups is 2. The smallest absolute Gasteiger partial charge is 0.409 e. The van der Waals surface area contributed by atoms with Crippen LogP contribution in [0, 0.1) is 5.82 Å². The molecule has 1 spiro atoms. The van der Waals surface area contributed by atoms with Crippen molar-refractivity contribution in [2.45, 2.75) is 5.41 Å². The van der Waals surface area contributed by atoms with Gasteiger partial charge in [-0.3, -0.25) is 9.78 Å². The van der Waals surface area contributed by atoms with E-state index in [4.69, 9.17) is 4.74 Å². The minimum Gasteiger partial charge on any atom is -0.453 e. The molecule has 0 N–H and O–H groups in total. The van der Waals surface area contributed by atoms with E-state index >= 15 is 0 Å². The second kappa shape index (κ2) is 4.89. The first-order valence-corrected chi connectivity index (χ1v) is 8.07. The molecule has 2 aromatic rings. The summed E-state index contributed by atoms with van der Waals surface area (Å²) in [5.41, 5.74) is 1.14. The van der Waals surface area contributed by atoms with Gasteiger partial charge in [-0.2, -0.15) is 0 Å². The molecule has 4 rings (SSSR count). The normalized spacial score (nSPS) is 18.1. The van der Waals surface area contributed by atoms with Gasteiger partial charge in [0.15, 0.2) is 0 Å². The summed E-state index contributed by atoms with van der Waals surface area (Å²) in [5, 5.41) is 0.711. The third-order valence-corrected chi connectivity index (χ3v) is 5.41. The van der Waals surface area contributed by atoms with Gasteiger partial charge in [-0.25, -0.2) is 9.18 Å². The zero-order chi connectivity index (χ0) is 17.2. The van der Waals surface area contributed by atoms with E-state index in [1.54, 1.807) is 24.2 Å². The number of halogens is 2. The maximum Gasteiger partial charge on any atom is 0.409 e. The summed E-state index contributed by atoms with van der Waals surface area (Å²) in [6.45, 7) is 0.480. The van der Waals surface area contributed by atoms with Crippen LogP contribution >= 0.6 is 15.9 Å².